The van der Waals surface area contributed by atoms with Crippen LogP contribution in [0.5, 0.6) is 6.01 Å². The fourth-order valence-corrected chi connectivity index (χ4v) is 2.47. The predicted molar refractivity (Wildman–Crippen MR) is 80.3 cm³/mol. The van der Waals surface area contributed by atoms with Gasteiger partial charge in [0.05, 0.1) is 6.10 Å². The van der Waals surface area contributed by atoms with E-state index in [1.807, 2.05) is 13.8 Å². The Morgan fingerprint density at radius 3 is 2.65 bits per heavy atom. The van der Waals surface area contributed by atoms with Gasteiger partial charge in [0.2, 0.25) is 11.9 Å². The Hall–Kier alpha value is -1.59. The van der Waals surface area contributed by atoms with Gasteiger partial charge in [-0.3, -0.25) is 0 Å². The minimum Gasteiger partial charge on any atom is -0.461 e. The summed E-state index contributed by atoms with van der Waals surface area (Å²) in [6.45, 7) is 9.43. The number of piperidine rings is 1. The first-order chi connectivity index (χ1) is 9.51. The summed E-state index contributed by atoms with van der Waals surface area (Å²) >= 11 is 0. The van der Waals surface area contributed by atoms with E-state index in [9.17, 15) is 0 Å². The molecule has 1 fully saturated rings. The molecular formula is C14H25N5O. The quantitative estimate of drug-likeness (QED) is 0.912. The van der Waals surface area contributed by atoms with E-state index in [4.69, 9.17) is 4.74 Å². The second kappa shape index (κ2) is 6.24. The first-order valence-corrected chi connectivity index (χ1v) is 7.38. The molecule has 2 heterocycles. The van der Waals surface area contributed by atoms with Crippen molar-refractivity contribution in [3.05, 3.63) is 0 Å². The van der Waals surface area contributed by atoms with Gasteiger partial charge in [-0.15, -0.1) is 0 Å². The Bertz CT molecular complexity index is 451. The highest BCUT2D eigenvalue weighted by Gasteiger charge is 2.27. The molecule has 1 saturated heterocycles. The van der Waals surface area contributed by atoms with Gasteiger partial charge in [-0.05, 0) is 39.5 Å². The highest BCUT2D eigenvalue weighted by Crippen LogP contribution is 2.27. The minimum atomic E-state index is 0.0488. The van der Waals surface area contributed by atoms with Crippen molar-refractivity contribution in [3.8, 4) is 6.01 Å². The zero-order valence-corrected chi connectivity index (χ0v) is 13.1. The Morgan fingerprint density at radius 2 is 2.00 bits per heavy atom. The number of aromatic nitrogens is 3. The molecule has 0 saturated carbocycles. The number of hydrogen-bond acceptors (Lipinski definition) is 6. The molecule has 0 bridgehead atoms. The molecular weight excluding hydrogens is 254 g/mol. The van der Waals surface area contributed by atoms with Gasteiger partial charge < -0.3 is 15.0 Å². The number of anilines is 2. The number of ether oxygens (including phenoxy) is 1. The topological polar surface area (TPSA) is 63.2 Å². The average molecular weight is 279 g/mol. The maximum atomic E-state index is 5.62. The van der Waals surface area contributed by atoms with Crippen molar-refractivity contribution in [1.82, 2.24) is 15.0 Å². The second-order valence-corrected chi connectivity index (χ2v) is 5.71. The summed E-state index contributed by atoms with van der Waals surface area (Å²) in [5, 5.41) is 2.98. The third kappa shape index (κ3) is 3.29. The molecule has 0 radical (unpaired) electrons. The van der Waals surface area contributed by atoms with Crippen molar-refractivity contribution in [2.45, 2.75) is 52.7 Å². The van der Waals surface area contributed by atoms with Crippen LogP contribution >= 0.6 is 0 Å². The SMILES string of the molecule is CNc1nc(OC(C)C)nc(N2CCCC(C)C2C)n1. The fourth-order valence-electron chi connectivity index (χ4n) is 2.47. The fraction of sp³-hybridized carbons (Fsp3) is 0.786. The van der Waals surface area contributed by atoms with Crippen molar-refractivity contribution < 1.29 is 4.74 Å². The number of hydrogen-bond donors (Lipinski definition) is 1. The predicted octanol–water partition coefficient (Wildman–Crippen LogP) is 2.33. The Morgan fingerprint density at radius 1 is 1.25 bits per heavy atom. The molecule has 1 aromatic heterocycles. The zero-order valence-electron chi connectivity index (χ0n) is 13.1. The van der Waals surface area contributed by atoms with Gasteiger partial charge in [0.1, 0.15) is 0 Å². The van der Waals surface area contributed by atoms with Crippen LogP contribution in [0.1, 0.15) is 40.5 Å². The lowest BCUT2D eigenvalue weighted by Crippen LogP contribution is -2.43. The Labute approximate surface area is 121 Å². The van der Waals surface area contributed by atoms with Crippen molar-refractivity contribution in [2.75, 3.05) is 23.8 Å². The highest BCUT2D eigenvalue weighted by atomic mass is 16.5. The van der Waals surface area contributed by atoms with E-state index < -0.39 is 0 Å². The van der Waals surface area contributed by atoms with Crippen LogP contribution in [0.2, 0.25) is 0 Å². The van der Waals surface area contributed by atoms with E-state index >= 15 is 0 Å². The molecule has 0 amide bonds. The molecule has 2 atom stereocenters. The van der Waals surface area contributed by atoms with Crippen molar-refractivity contribution in [1.29, 1.82) is 0 Å². The van der Waals surface area contributed by atoms with Gasteiger partial charge >= 0.3 is 6.01 Å². The standard InChI is InChI=1S/C14H25N5O/c1-9(2)20-14-17-12(15-5)16-13(18-14)19-8-6-7-10(3)11(19)4/h9-11H,6-8H2,1-5H3,(H,15,16,17,18). The summed E-state index contributed by atoms with van der Waals surface area (Å²) in [4.78, 5) is 15.5. The van der Waals surface area contributed by atoms with Gasteiger partial charge in [-0.25, -0.2) is 0 Å². The van der Waals surface area contributed by atoms with E-state index in [1.165, 1.54) is 12.8 Å². The lowest BCUT2D eigenvalue weighted by atomic mass is 9.92. The first-order valence-electron chi connectivity index (χ1n) is 7.38. The van der Waals surface area contributed by atoms with Gasteiger partial charge in [0.15, 0.2) is 0 Å². The van der Waals surface area contributed by atoms with E-state index in [2.05, 4.69) is 39.0 Å². The molecule has 6 heteroatoms. The molecule has 1 N–H and O–H groups in total. The van der Waals surface area contributed by atoms with Gasteiger partial charge in [-0.2, -0.15) is 15.0 Å². The van der Waals surface area contributed by atoms with E-state index in [0.717, 1.165) is 6.54 Å². The highest BCUT2D eigenvalue weighted by molar-refractivity contribution is 5.39. The lowest BCUT2D eigenvalue weighted by Gasteiger charge is -2.37. The molecule has 0 aromatic carbocycles. The minimum absolute atomic E-state index is 0.0488. The Kier molecular flexibility index (Phi) is 4.62. The Balaban J connectivity index is 2.29. The molecule has 6 nitrogen and oxygen atoms in total. The maximum absolute atomic E-state index is 5.62. The van der Waals surface area contributed by atoms with Gasteiger partial charge in [0, 0.05) is 19.6 Å². The second-order valence-electron chi connectivity index (χ2n) is 5.71. The summed E-state index contributed by atoms with van der Waals surface area (Å²) < 4.78 is 5.62. The molecule has 1 aliphatic rings. The monoisotopic (exact) mass is 279 g/mol. The van der Waals surface area contributed by atoms with Crippen LogP contribution in [-0.2, 0) is 0 Å². The lowest BCUT2D eigenvalue weighted by molar-refractivity contribution is 0.221. The van der Waals surface area contributed by atoms with Gasteiger partial charge in [-0.1, -0.05) is 6.92 Å². The number of rotatable bonds is 4. The molecule has 0 aliphatic carbocycles. The third-order valence-electron chi connectivity index (χ3n) is 3.80. The van der Waals surface area contributed by atoms with Crippen LogP contribution in [0.25, 0.3) is 0 Å². The van der Waals surface area contributed by atoms with Crippen molar-refractivity contribution >= 4 is 11.9 Å². The van der Waals surface area contributed by atoms with Crippen LogP contribution in [0.15, 0.2) is 0 Å². The van der Waals surface area contributed by atoms with E-state index in [0.29, 0.717) is 29.9 Å². The molecule has 2 unspecified atom stereocenters. The summed E-state index contributed by atoms with van der Waals surface area (Å²) in [5.74, 6) is 1.91. The van der Waals surface area contributed by atoms with Crippen molar-refractivity contribution in [3.63, 3.8) is 0 Å². The molecule has 1 aromatic rings. The maximum Gasteiger partial charge on any atom is 0.323 e. The van der Waals surface area contributed by atoms with Gasteiger partial charge in [0.25, 0.3) is 0 Å². The third-order valence-corrected chi connectivity index (χ3v) is 3.80. The average Bonchev–Trinajstić information content (AvgIpc) is 2.40. The summed E-state index contributed by atoms with van der Waals surface area (Å²) in [6, 6.07) is 0.822. The van der Waals surface area contributed by atoms with E-state index in [-0.39, 0.29) is 6.10 Å². The van der Waals surface area contributed by atoms with Crippen LogP contribution in [0.4, 0.5) is 11.9 Å². The molecule has 1 aliphatic heterocycles. The van der Waals surface area contributed by atoms with Crippen LogP contribution in [0, 0.1) is 5.92 Å². The summed E-state index contributed by atoms with van der Waals surface area (Å²) in [6.07, 6.45) is 2.48. The first kappa shape index (κ1) is 14.8. The largest absolute Gasteiger partial charge is 0.461 e. The molecule has 0 spiro atoms. The van der Waals surface area contributed by atoms with Crippen molar-refractivity contribution in [2.24, 2.45) is 5.92 Å². The zero-order chi connectivity index (χ0) is 14.7. The number of nitrogens with one attached hydrogen (secondary N) is 1. The van der Waals surface area contributed by atoms with Crippen LogP contribution in [-0.4, -0.2) is 40.7 Å². The van der Waals surface area contributed by atoms with E-state index in [1.54, 1.807) is 7.05 Å². The van der Waals surface area contributed by atoms with Crippen LogP contribution < -0.4 is 15.0 Å². The summed E-state index contributed by atoms with van der Waals surface area (Å²) in [7, 11) is 1.81. The smallest absolute Gasteiger partial charge is 0.323 e. The molecule has 2 rings (SSSR count). The number of nitrogens with zero attached hydrogens (tertiary/aromatic N) is 4. The van der Waals surface area contributed by atoms with Crippen LogP contribution in [0.3, 0.4) is 0 Å². The summed E-state index contributed by atoms with van der Waals surface area (Å²) in [5.41, 5.74) is 0. The molecule has 112 valence electrons. The molecule has 20 heavy (non-hydrogen) atoms. The normalized spacial score (nSPS) is 23.0.